The second kappa shape index (κ2) is 33.9. The van der Waals surface area contributed by atoms with Crippen LogP contribution >= 0.6 is 0 Å². The van der Waals surface area contributed by atoms with Gasteiger partial charge in [-0.2, -0.15) is 0 Å². The van der Waals surface area contributed by atoms with Gasteiger partial charge in [0.15, 0.2) is 26.4 Å². The molecule has 0 unspecified atom stereocenters. The molecule has 4 bridgehead atoms. The Hall–Kier alpha value is -6.60. The van der Waals surface area contributed by atoms with Crippen molar-refractivity contribution in [2.24, 2.45) is 29.6 Å². The highest BCUT2D eigenvalue weighted by molar-refractivity contribution is 6.36. The molecule has 474 valence electrons. The molecule has 7 rings (SSSR count). The van der Waals surface area contributed by atoms with Gasteiger partial charge in [0.1, 0.15) is 22.4 Å². The summed E-state index contributed by atoms with van der Waals surface area (Å²) in [7, 11) is 0. The van der Waals surface area contributed by atoms with E-state index in [0.29, 0.717) is 24.7 Å². The second-order valence-electron chi connectivity index (χ2n) is 24.5. The fraction of sp³-hybridized carbons (Fsp3) is 0.692. The fourth-order valence-electron chi connectivity index (χ4n) is 12.1. The van der Waals surface area contributed by atoms with Crippen LogP contribution in [0.4, 0.5) is 0 Å². The molecule has 0 aliphatic heterocycles. The van der Waals surface area contributed by atoms with E-state index in [-0.39, 0.29) is 28.2 Å². The maximum Gasteiger partial charge on any atom is 0.378 e. The second-order valence-corrected chi connectivity index (χ2v) is 24.5. The van der Waals surface area contributed by atoms with Crippen molar-refractivity contribution in [1.29, 1.82) is 0 Å². The van der Waals surface area contributed by atoms with Crippen LogP contribution in [0.15, 0.2) is 48.6 Å². The normalized spacial score (nSPS) is 22.7. The number of esters is 8. The number of Topliss-reactive ketones (excluding diaryl/α,β-unsaturated/α-hetero) is 4. The summed E-state index contributed by atoms with van der Waals surface area (Å²) in [4.78, 5) is 140. The van der Waals surface area contributed by atoms with Crippen LogP contribution in [0.5, 0.6) is 0 Å². The lowest BCUT2D eigenvalue weighted by atomic mass is 9.50. The van der Waals surface area contributed by atoms with Crippen molar-refractivity contribution < 1.29 is 95.4 Å². The lowest BCUT2D eigenvalue weighted by Crippen LogP contribution is -2.58. The molecule has 0 atom stereocenters. The first-order valence-electron chi connectivity index (χ1n) is 30.2. The van der Waals surface area contributed by atoms with Crippen LogP contribution in [0.1, 0.15) is 210 Å². The summed E-state index contributed by atoms with van der Waals surface area (Å²) < 4.78 is 40.7. The van der Waals surface area contributed by atoms with E-state index in [9.17, 15) is 57.5 Å². The van der Waals surface area contributed by atoms with Crippen LogP contribution in [0.2, 0.25) is 0 Å². The Morgan fingerprint density at radius 3 is 0.906 bits per heavy atom. The van der Waals surface area contributed by atoms with Gasteiger partial charge in [0.2, 0.25) is 0 Å². The predicted octanol–water partition coefficient (Wildman–Crippen LogP) is 10.1. The van der Waals surface area contributed by atoms with Crippen molar-refractivity contribution in [3.8, 4) is 0 Å². The topological polar surface area (TPSA) is 279 Å². The van der Waals surface area contributed by atoms with Crippen LogP contribution in [0, 0.1) is 29.6 Å². The van der Waals surface area contributed by atoms with Crippen molar-refractivity contribution in [3.05, 3.63) is 48.6 Å². The fourth-order valence-corrected chi connectivity index (χ4v) is 12.1. The lowest BCUT2D eigenvalue weighted by molar-refractivity contribution is -0.204. The molecule has 0 radical (unpaired) electrons. The van der Waals surface area contributed by atoms with E-state index in [4.69, 9.17) is 23.7 Å². The number of hydrogen-bond donors (Lipinski definition) is 0. The number of carbonyl (C=O) groups is 12. The molecule has 7 saturated carbocycles. The standard InChI is InChI=1S/C18H24O5.2C16H24O5.C15H22O5/c1-10(2)16(20)22-9-15(19)17(21)23-18(3)13-5-11-4-12(7-13)8-14(18)6-11;1-11(2)14(18)20-10-13(17)15(19)21-16(12(3)4)8-6-5-7-9-16;1-4-16(9-7-5-6-8-10-16)21-15(19)13(17)11-20-14(18)12(2)3;1-4-15(8-6-5-7-9-15)20-14(18)12(16)10-19-13(17)11(2)3/h11-14H,1,4-9H2,2-3H3;12H,1,5-10H2,2-4H3;2,4-11H2,1,3H3;2,4-10H2,1,3H3. The van der Waals surface area contributed by atoms with Gasteiger partial charge in [-0.25, -0.2) is 38.4 Å². The lowest BCUT2D eigenvalue weighted by Gasteiger charge is -2.58. The first-order valence-corrected chi connectivity index (χ1v) is 30.2. The molecule has 7 fully saturated rings. The first-order chi connectivity index (χ1) is 39.9. The predicted molar refractivity (Wildman–Crippen MR) is 310 cm³/mol. The van der Waals surface area contributed by atoms with Crippen LogP contribution < -0.4 is 0 Å². The Balaban J connectivity index is 0.000000297. The molecule has 0 heterocycles. The summed E-state index contributed by atoms with van der Waals surface area (Å²) >= 11 is 0. The van der Waals surface area contributed by atoms with Crippen LogP contribution in [0.3, 0.4) is 0 Å². The van der Waals surface area contributed by atoms with Crippen molar-refractivity contribution in [3.63, 3.8) is 0 Å². The summed E-state index contributed by atoms with van der Waals surface area (Å²) in [5.41, 5.74) is -1.43. The molecule has 0 amide bonds. The summed E-state index contributed by atoms with van der Waals surface area (Å²) in [6.07, 6.45) is 22.2. The largest absolute Gasteiger partial charge is 0.454 e. The average Bonchev–Trinajstić information content (AvgIpc) is 1.10. The van der Waals surface area contributed by atoms with Gasteiger partial charge in [-0.15, -0.1) is 0 Å². The Morgan fingerprint density at radius 1 is 0.376 bits per heavy atom. The molecule has 0 aromatic carbocycles. The molecule has 7 aliphatic rings. The maximum atomic E-state index is 12.1. The smallest absolute Gasteiger partial charge is 0.378 e. The summed E-state index contributed by atoms with van der Waals surface area (Å²) in [6, 6.07) is 0. The maximum absolute atomic E-state index is 12.1. The molecule has 0 spiro atoms. The molecule has 7 aliphatic carbocycles. The number of carbonyl (C=O) groups excluding carboxylic acids is 12. The van der Waals surface area contributed by atoms with Crippen molar-refractivity contribution in [1.82, 2.24) is 0 Å². The van der Waals surface area contributed by atoms with Crippen LogP contribution in [-0.2, 0) is 95.4 Å². The summed E-state index contributed by atoms with van der Waals surface area (Å²) in [5, 5.41) is 0. The monoisotopic (exact) mass is 1190 g/mol. The zero-order valence-corrected chi connectivity index (χ0v) is 52.0. The Kier molecular flexibility index (Phi) is 29.0. The molecule has 85 heavy (non-hydrogen) atoms. The number of hydrogen-bond acceptors (Lipinski definition) is 20. The minimum absolute atomic E-state index is 0.146. The van der Waals surface area contributed by atoms with Gasteiger partial charge in [-0.1, -0.05) is 79.7 Å². The van der Waals surface area contributed by atoms with Crippen molar-refractivity contribution in [2.45, 2.75) is 232 Å². The zero-order valence-electron chi connectivity index (χ0n) is 52.0. The molecule has 0 aromatic rings. The molecule has 0 saturated heterocycles. The number of ketones is 4. The quantitative estimate of drug-likeness (QED) is 0.0302. The van der Waals surface area contributed by atoms with E-state index in [2.05, 4.69) is 40.5 Å². The van der Waals surface area contributed by atoms with Gasteiger partial charge >= 0.3 is 47.8 Å². The SMILES string of the molecule is C=C(C)C(=O)OCC(=O)C(=O)OC1(C(C)C)CCCCC1.C=C(C)C(=O)OCC(=O)C(=O)OC1(C)C2CC3CC(C2)CC1C3.C=C(C)C(=O)OCC(=O)C(=O)OC1(CC)CCCCC1.C=C(C)C(=O)OCC(=O)C(=O)OC1(CC)CCCCCC1. The van der Waals surface area contributed by atoms with E-state index in [1.165, 1.54) is 34.1 Å². The first kappa shape index (κ1) is 72.7. The van der Waals surface area contributed by atoms with Gasteiger partial charge in [-0.05, 0) is 186 Å². The molecule has 20 heteroatoms. The molecular weight excluding hydrogens is 1100 g/mol. The zero-order chi connectivity index (χ0) is 63.9. The minimum atomic E-state index is -0.917. The van der Waals surface area contributed by atoms with Crippen LogP contribution in [0.25, 0.3) is 0 Å². The molecule has 0 N–H and O–H groups in total. The summed E-state index contributed by atoms with van der Waals surface area (Å²) in [6.45, 7) is 27.0. The van der Waals surface area contributed by atoms with Gasteiger partial charge in [-0.3, -0.25) is 19.2 Å². The molecular formula is C65H94O20. The van der Waals surface area contributed by atoms with Crippen molar-refractivity contribution >= 4 is 70.9 Å². The average molecular weight is 1200 g/mol. The van der Waals surface area contributed by atoms with Crippen LogP contribution in [-0.4, -0.2) is 120 Å². The van der Waals surface area contributed by atoms with E-state index in [1.54, 1.807) is 0 Å². The number of ether oxygens (including phenoxy) is 8. The Morgan fingerprint density at radius 2 is 0.635 bits per heavy atom. The third-order valence-corrected chi connectivity index (χ3v) is 17.4. The van der Waals surface area contributed by atoms with E-state index in [1.807, 2.05) is 34.6 Å². The highest BCUT2D eigenvalue weighted by Gasteiger charge is 2.57. The molecule has 20 nitrogen and oxygen atoms in total. The number of rotatable bonds is 23. The third kappa shape index (κ3) is 22.3. The Bertz CT molecular complexity index is 2460. The van der Waals surface area contributed by atoms with Gasteiger partial charge in [0.05, 0.1) is 0 Å². The highest BCUT2D eigenvalue weighted by Crippen LogP contribution is 2.59. The third-order valence-electron chi connectivity index (χ3n) is 17.4. The van der Waals surface area contributed by atoms with E-state index < -0.39 is 120 Å². The summed E-state index contributed by atoms with van der Waals surface area (Å²) in [5.74, 6) is -7.29. The van der Waals surface area contributed by atoms with Gasteiger partial charge in [0, 0.05) is 22.3 Å². The molecule has 0 aromatic heterocycles. The van der Waals surface area contributed by atoms with E-state index >= 15 is 0 Å². The minimum Gasteiger partial charge on any atom is -0.454 e. The van der Waals surface area contributed by atoms with Crippen molar-refractivity contribution in [2.75, 3.05) is 26.4 Å². The van der Waals surface area contributed by atoms with E-state index in [0.717, 1.165) is 140 Å². The Labute approximate surface area is 501 Å². The van der Waals surface area contributed by atoms with Gasteiger partial charge < -0.3 is 37.9 Å². The van der Waals surface area contributed by atoms with Gasteiger partial charge in [0.25, 0.3) is 23.1 Å². The highest BCUT2D eigenvalue weighted by atomic mass is 16.6.